The second-order valence-electron chi connectivity index (χ2n) is 7.32. The predicted molar refractivity (Wildman–Crippen MR) is 115 cm³/mol. The van der Waals surface area contributed by atoms with Crippen molar-refractivity contribution in [1.29, 1.82) is 0 Å². The monoisotopic (exact) mass is 386 g/mol. The van der Waals surface area contributed by atoms with Gasteiger partial charge in [-0.2, -0.15) is 0 Å². The van der Waals surface area contributed by atoms with E-state index in [4.69, 9.17) is 4.74 Å². The summed E-state index contributed by atoms with van der Waals surface area (Å²) in [5.41, 5.74) is 3.12. The second kappa shape index (κ2) is 11.7. The standard InChI is InChI=1S/C23H34N2O3/c1-4-15-24-16-20(26)17-28-23-8-6-5-7-21(23)22(27)14-11-18-9-12-19(13-10-18)25(2)3/h5-10,12-13,20,22,24,26-27H,4,11,14-17H2,1-3H3. The molecule has 2 atom stereocenters. The van der Waals surface area contributed by atoms with Gasteiger partial charge in [0, 0.05) is 31.9 Å². The highest BCUT2D eigenvalue weighted by atomic mass is 16.5. The zero-order valence-electron chi connectivity index (χ0n) is 17.3. The van der Waals surface area contributed by atoms with Gasteiger partial charge in [-0.3, -0.25) is 0 Å². The van der Waals surface area contributed by atoms with Crippen LogP contribution < -0.4 is 15.0 Å². The van der Waals surface area contributed by atoms with Crippen LogP contribution in [0.25, 0.3) is 0 Å². The van der Waals surface area contributed by atoms with Crippen molar-refractivity contribution in [3.63, 3.8) is 0 Å². The summed E-state index contributed by atoms with van der Waals surface area (Å²) in [6.07, 6.45) is 1.24. The molecule has 154 valence electrons. The topological polar surface area (TPSA) is 65.0 Å². The fourth-order valence-electron chi connectivity index (χ4n) is 3.00. The average molecular weight is 387 g/mol. The maximum absolute atomic E-state index is 10.7. The molecule has 0 saturated heterocycles. The molecule has 0 radical (unpaired) electrons. The van der Waals surface area contributed by atoms with Crippen LogP contribution in [-0.4, -0.2) is 50.1 Å². The summed E-state index contributed by atoms with van der Waals surface area (Å²) in [4.78, 5) is 2.07. The normalized spacial score (nSPS) is 13.2. The minimum Gasteiger partial charge on any atom is -0.490 e. The van der Waals surface area contributed by atoms with E-state index < -0.39 is 12.2 Å². The van der Waals surface area contributed by atoms with Crippen molar-refractivity contribution in [2.45, 2.75) is 38.4 Å². The molecule has 0 fully saturated rings. The number of aliphatic hydroxyl groups is 2. The number of rotatable bonds is 12. The zero-order chi connectivity index (χ0) is 20.4. The van der Waals surface area contributed by atoms with Crippen molar-refractivity contribution in [3.05, 3.63) is 59.7 Å². The molecule has 3 N–H and O–H groups in total. The third kappa shape index (κ3) is 7.15. The molecule has 2 aromatic rings. The summed E-state index contributed by atoms with van der Waals surface area (Å²) in [6, 6.07) is 15.9. The van der Waals surface area contributed by atoms with Gasteiger partial charge < -0.3 is 25.2 Å². The number of anilines is 1. The molecule has 0 spiro atoms. The van der Waals surface area contributed by atoms with Crippen molar-refractivity contribution in [2.24, 2.45) is 0 Å². The number of hydrogen-bond acceptors (Lipinski definition) is 5. The fourth-order valence-corrected chi connectivity index (χ4v) is 3.00. The lowest BCUT2D eigenvalue weighted by atomic mass is 10.0. The Labute approximate surface area is 169 Å². The van der Waals surface area contributed by atoms with Gasteiger partial charge in [0.2, 0.25) is 0 Å². The Morgan fingerprint density at radius 1 is 1.04 bits per heavy atom. The van der Waals surface area contributed by atoms with Gasteiger partial charge in [0.05, 0.1) is 6.10 Å². The fraction of sp³-hybridized carbons (Fsp3) is 0.478. The highest BCUT2D eigenvalue weighted by molar-refractivity contribution is 5.46. The van der Waals surface area contributed by atoms with Crippen molar-refractivity contribution in [1.82, 2.24) is 5.32 Å². The lowest BCUT2D eigenvalue weighted by Crippen LogP contribution is -2.32. The van der Waals surface area contributed by atoms with Crippen LogP contribution in [0.15, 0.2) is 48.5 Å². The van der Waals surface area contributed by atoms with Crippen molar-refractivity contribution < 1.29 is 14.9 Å². The molecule has 0 saturated carbocycles. The van der Waals surface area contributed by atoms with E-state index in [0.29, 0.717) is 18.7 Å². The molecule has 0 aromatic heterocycles. The van der Waals surface area contributed by atoms with Gasteiger partial charge in [-0.15, -0.1) is 0 Å². The lowest BCUT2D eigenvalue weighted by molar-refractivity contribution is 0.102. The molecule has 0 aliphatic rings. The second-order valence-corrected chi connectivity index (χ2v) is 7.32. The maximum Gasteiger partial charge on any atom is 0.125 e. The van der Waals surface area contributed by atoms with E-state index >= 15 is 0 Å². The number of benzene rings is 2. The first-order valence-corrected chi connectivity index (χ1v) is 10.1. The number of nitrogens with one attached hydrogen (secondary N) is 1. The Morgan fingerprint density at radius 2 is 1.75 bits per heavy atom. The third-order valence-corrected chi connectivity index (χ3v) is 4.68. The molecule has 0 amide bonds. The summed E-state index contributed by atoms with van der Waals surface area (Å²) in [5, 5.41) is 23.9. The van der Waals surface area contributed by atoms with Crippen LogP contribution in [0.2, 0.25) is 0 Å². The third-order valence-electron chi connectivity index (χ3n) is 4.68. The molecule has 2 aromatic carbocycles. The smallest absolute Gasteiger partial charge is 0.125 e. The Balaban J connectivity index is 1.89. The molecule has 0 heterocycles. The van der Waals surface area contributed by atoms with Crippen molar-refractivity contribution in [3.8, 4) is 5.75 Å². The Bertz CT molecular complexity index is 689. The zero-order valence-corrected chi connectivity index (χ0v) is 17.3. The first-order chi connectivity index (χ1) is 13.5. The van der Waals surface area contributed by atoms with E-state index in [0.717, 1.165) is 30.6 Å². The van der Waals surface area contributed by atoms with Crippen LogP contribution >= 0.6 is 0 Å². The van der Waals surface area contributed by atoms with Crippen molar-refractivity contribution >= 4 is 5.69 Å². The van der Waals surface area contributed by atoms with E-state index in [1.54, 1.807) is 0 Å². The molecular formula is C23H34N2O3. The lowest BCUT2D eigenvalue weighted by Gasteiger charge is -2.18. The van der Waals surface area contributed by atoms with Crippen LogP contribution in [0.4, 0.5) is 5.69 Å². The summed E-state index contributed by atoms with van der Waals surface area (Å²) >= 11 is 0. The van der Waals surface area contributed by atoms with Crippen LogP contribution in [0.5, 0.6) is 5.75 Å². The average Bonchev–Trinajstić information content (AvgIpc) is 2.71. The minimum atomic E-state index is -0.611. The van der Waals surface area contributed by atoms with E-state index in [1.807, 2.05) is 38.4 Å². The molecule has 28 heavy (non-hydrogen) atoms. The Morgan fingerprint density at radius 3 is 2.43 bits per heavy atom. The molecule has 0 bridgehead atoms. The predicted octanol–water partition coefficient (Wildman–Crippen LogP) is 3.16. The maximum atomic E-state index is 10.7. The van der Waals surface area contributed by atoms with Gasteiger partial charge in [0.15, 0.2) is 0 Å². The quantitative estimate of drug-likeness (QED) is 0.489. The van der Waals surface area contributed by atoms with E-state index in [-0.39, 0.29) is 6.61 Å². The van der Waals surface area contributed by atoms with E-state index in [1.165, 1.54) is 5.56 Å². The molecule has 0 aliphatic heterocycles. The van der Waals surface area contributed by atoms with Gasteiger partial charge in [-0.05, 0) is 49.6 Å². The number of ether oxygens (including phenoxy) is 1. The van der Waals surface area contributed by atoms with Crippen LogP contribution in [0.3, 0.4) is 0 Å². The summed E-state index contributed by atoms with van der Waals surface area (Å²) in [5.74, 6) is 0.632. The minimum absolute atomic E-state index is 0.201. The summed E-state index contributed by atoms with van der Waals surface area (Å²) in [6.45, 7) is 3.67. The van der Waals surface area contributed by atoms with Crippen LogP contribution in [-0.2, 0) is 6.42 Å². The van der Waals surface area contributed by atoms with E-state index in [2.05, 4.69) is 41.4 Å². The van der Waals surface area contributed by atoms with Gasteiger partial charge in [-0.25, -0.2) is 0 Å². The highest BCUT2D eigenvalue weighted by Gasteiger charge is 2.14. The van der Waals surface area contributed by atoms with Gasteiger partial charge in [-0.1, -0.05) is 37.3 Å². The van der Waals surface area contributed by atoms with Crippen molar-refractivity contribution in [2.75, 3.05) is 38.7 Å². The van der Waals surface area contributed by atoms with Crippen LogP contribution in [0, 0.1) is 0 Å². The Hall–Kier alpha value is -2.08. The van der Waals surface area contributed by atoms with Gasteiger partial charge in [0.25, 0.3) is 0 Å². The highest BCUT2D eigenvalue weighted by Crippen LogP contribution is 2.28. The number of para-hydroxylation sites is 1. The largest absolute Gasteiger partial charge is 0.490 e. The number of aliphatic hydroxyl groups excluding tert-OH is 2. The van der Waals surface area contributed by atoms with Gasteiger partial charge >= 0.3 is 0 Å². The first-order valence-electron chi connectivity index (χ1n) is 10.1. The molecular weight excluding hydrogens is 352 g/mol. The molecule has 5 nitrogen and oxygen atoms in total. The first kappa shape index (κ1) is 22.2. The molecule has 0 aliphatic carbocycles. The number of aryl methyl sites for hydroxylation is 1. The molecule has 5 heteroatoms. The summed E-state index contributed by atoms with van der Waals surface area (Å²) in [7, 11) is 4.04. The SMILES string of the molecule is CCCNCC(O)COc1ccccc1C(O)CCc1ccc(N(C)C)cc1. The van der Waals surface area contributed by atoms with Gasteiger partial charge in [0.1, 0.15) is 18.5 Å². The van der Waals surface area contributed by atoms with Crippen LogP contribution in [0.1, 0.15) is 37.0 Å². The summed E-state index contributed by atoms with van der Waals surface area (Å²) < 4.78 is 5.79. The molecule has 2 rings (SSSR count). The van der Waals surface area contributed by atoms with E-state index in [9.17, 15) is 10.2 Å². The molecule has 2 unspecified atom stereocenters. The number of nitrogens with zero attached hydrogens (tertiary/aromatic N) is 1. The Kier molecular flexibility index (Phi) is 9.28. The number of hydrogen-bond donors (Lipinski definition) is 3.